The van der Waals surface area contributed by atoms with Gasteiger partial charge in [-0.2, -0.15) is 13.2 Å². The van der Waals surface area contributed by atoms with Crippen molar-refractivity contribution in [2.45, 2.75) is 64.0 Å². The van der Waals surface area contributed by atoms with Crippen LogP contribution >= 0.6 is 0 Å². The molecule has 0 bridgehead atoms. The van der Waals surface area contributed by atoms with E-state index in [0.717, 1.165) is 6.42 Å². The predicted octanol–water partition coefficient (Wildman–Crippen LogP) is 2.71. The summed E-state index contributed by atoms with van der Waals surface area (Å²) in [7, 11) is -1.52. The molecule has 2 N–H and O–H groups in total. The zero-order chi connectivity index (χ0) is 23.7. The number of nitrogens with one attached hydrogen (secondary N) is 1. The van der Waals surface area contributed by atoms with Crippen molar-refractivity contribution >= 4 is 25.0 Å². The summed E-state index contributed by atoms with van der Waals surface area (Å²) in [4.78, 5) is 35.7. The summed E-state index contributed by atoms with van der Waals surface area (Å²) in [6.45, 7) is 1.36. The van der Waals surface area contributed by atoms with E-state index < -0.39 is 50.3 Å². The minimum atomic E-state index is -4.34. The van der Waals surface area contributed by atoms with Crippen LogP contribution in [0, 0.1) is 0 Å². The number of unbranched alkanes of at least 4 members (excludes halogenated alkanes) is 1. The summed E-state index contributed by atoms with van der Waals surface area (Å²) in [5.41, 5.74) is 0.492. The van der Waals surface area contributed by atoms with E-state index in [0.29, 0.717) is 12.0 Å². The van der Waals surface area contributed by atoms with E-state index in [-0.39, 0.29) is 37.0 Å². The van der Waals surface area contributed by atoms with Crippen molar-refractivity contribution < 1.29 is 46.7 Å². The molecule has 1 aromatic carbocycles. The summed E-state index contributed by atoms with van der Waals surface area (Å²) in [6.07, 6.45) is -4.35. The van der Waals surface area contributed by atoms with Gasteiger partial charge in [-0.1, -0.05) is 25.5 Å². The molecule has 0 saturated heterocycles. The van der Waals surface area contributed by atoms with Gasteiger partial charge in [-0.05, 0) is 30.9 Å². The van der Waals surface area contributed by atoms with Crippen molar-refractivity contribution in [2.75, 3.05) is 6.79 Å². The number of fused-ring (bicyclic) bond motifs is 1. The highest BCUT2D eigenvalue weighted by atomic mass is 19.4. The second-order valence-corrected chi connectivity index (χ2v) is 7.32. The van der Waals surface area contributed by atoms with E-state index in [1.54, 1.807) is 12.1 Å². The van der Waals surface area contributed by atoms with Crippen LogP contribution in [0.25, 0.3) is 0 Å². The lowest BCUT2D eigenvalue weighted by molar-refractivity contribution is -0.152. The topological polar surface area (TPSA) is 111 Å². The van der Waals surface area contributed by atoms with Gasteiger partial charge >= 0.3 is 25.2 Å². The molecule has 1 atom stereocenters. The van der Waals surface area contributed by atoms with E-state index in [4.69, 9.17) is 14.1 Å². The lowest BCUT2D eigenvalue weighted by Crippen LogP contribution is -2.53. The van der Waals surface area contributed by atoms with Crippen LogP contribution in [0.4, 0.5) is 13.2 Å². The smallest absolute Gasteiger partial charge is 0.534 e. The van der Waals surface area contributed by atoms with Crippen molar-refractivity contribution in [3.8, 4) is 5.75 Å². The Hall–Kier alpha value is -2.76. The Morgan fingerprint density at radius 2 is 1.97 bits per heavy atom. The van der Waals surface area contributed by atoms with Crippen LogP contribution < -0.4 is 9.97 Å². The van der Waals surface area contributed by atoms with Crippen molar-refractivity contribution in [3.63, 3.8) is 0 Å². The zero-order valence-corrected chi connectivity index (χ0v) is 17.6. The van der Waals surface area contributed by atoms with Gasteiger partial charge in [-0.25, -0.2) is 4.79 Å². The molecular weight excluding hydrogens is 434 g/mol. The summed E-state index contributed by atoms with van der Waals surface area (Å²) in [6, 6.07) is 4.57. The van der Waals surface area contributed by atoms with Crippen LogP contribution in [0.2, 0.25) is 0 Å². The number of carbonyl (C=O) groups excluding carboxylic acids is 3. The van der Waals surface area contributed by atoms with Crippen molar-refractivity contribution in [1.29, 1.82) is 0 Å². The van der Waals surface area contributed by atoms with Crippen molar-refractivity contribution in [1.82, 2.24) is 5.32 Å². The van der Waals surface area contributed by atoms with Crippen LogP contribution in [-0.4, -0.2) is 48.9 Å². The number of amides is 1. The van der Waals surface area contributed by atoms with E-state index in [1.165, 1.54) is 6.07 Å². The molecule has 0 spiro atoms. The molecule has 2 rings (SSSR count). The third kappa shape index (κ3) is 8.06. The molecule has 0 aromatic heterocycles. The summed E-state index contributed by atoms with van der Waals surface area (Å²) >= 11 is 0. The highest BCUT2D eigenvalue weighted by molar-refractivity contribution is 6.47. The quantitative estimate of drug-likeness (QED) is 0.315. The largest absolute Gasteiger partial charge is 0.547 e. The number of para-hydroxylation sites is 1. The molecule has 32 heavy (non-hydrogen) atoms. The second-order valence-electron chi connectivity index (χ2n) is 7.32. The second kappa shape index (κ2) is 11.7. The number of benzene rings is 1. The minimum absolute atomic E-state index is 0.00103. The van der Waals surface area contributed by atoms with Crippen LogP contribution in [-0.2, 0) is 25.5 Å². The van der Waals surface area contributed by atoms with Gasteiger partial charge in [0.2, 0.25) is 12.7 Å². The number of halogens is 3. The minimum Gasteiger partial charge on any atom is -0.534 e. The fourth-order valence-electron chi connectivity index (χ4n) is 3.06. The molecule has 0 aliphatic carbocycles. The lowest BCUT2D eigenvalue weighted by atomic mass is 9.72. The lowest BCUT2D eigenvalue weighted by Gasteiger charge is -2.29. The van der Waals surface area contributed by atoms with Crippen LogP contribution in [0.1, 0.15) is 61.4 Å². The highest BCUT2D eigenvalue weighted by Crippen LogP contribution is 2.31. The fourth-order valence-corrected chi connectivity index (χ4v) is 3.06. The maximum atomic E-state index is 12.3. The number of hydrogen-bond acceptors (Lipinski definition) is 7. The first kappa shape index (κ1) is 25.5. The molecule has 1 heterocycles. The van der Waals surface area contributed by atoms with E-state index in [2.05, 4.69) is 5.32 Å². The highest BCUT2D eigenvalue weighted by Gasteiger charge is 2.38. The van der Waals surface area contributed by atoms with Gasteiger partial charge in [0.25, 0.3) is 0 Å². The van der Waals surface area contributed by atoms with Crippen molar-refractivity contribution in [3.05, 3.63) is 29.3 Å². The van der Waals surface area contributed by atoms with E-state index in [1.807, 2.05) is 6.92 Å². The summed E-state index contributed by atoms with van der Waals surface area (Å²) < 4.78 is 51.8. The molecule has 1 aliphatic heterocycles. The average molecular weight is 459 g/mol. The number of ether oxygens (including phenoxy) is 2. The van der Waals surface area contributed by atoms with Crippen LogP contribution in [0.5, 0.6) is 5.75 Å². The maximum Gasteiger partial charge on any atom is 0.547 e. The molecule has 176 valence electrons. The number of esters is 2. The maximum absolute atomic E-state index is 12.3. The Bertz CT molecular complexity index is 819. The van der Waals surface area contributed by atoms with Gasteiger partial charge in [0.1, 0.15) is 11.3 Å². The van der Waals surface area contributed by atoms with Gasteiger partial charge in [-0.15, -0.1) is 0 Å². The molecule has 1 amide bonds. The van der Waals surface area contributed by atoms with Gasteiger partial charge < -0.3 is 24.5 Å². The van der Waals surface area contributed by atoms with Crippen LogP contribution in [0.3, 0.4) is 0 Å². The Labute approximate surface area is 183 Å². The normalized spacial score (nSPS) is 15.4. The standard InChI is InChI=1S/C20H25BF3NO7/c1-2-3-9-17(27)30-12-31-19(28)14-7-4-6-13-11-15(21(29)32-18(13)14)25-16(26)8-5-10-20(22,23)24/h4,6-7,15,29H,2-3,5,8-12H2,1H3,(H,25,26)/t15-/m0/s1. The molecule has 0 unspecified atom stereocenters. The molecule has 1 aliphatic rings. The van der Waals surface area contributed by atoms with E-state index in [9.17, 15) is 32.6 Å². The molecule has 0 fully saturated rings. The molecule has 8 nitrogen and oxygen atoms in total. The van der Waals surface area contributed by atoms with E-state index >= 15 is 0 Å². The Morgan fingerprint density at radius 3 is 2.66 bits per heavy atom. The third-order valence-corrected chi connectivity index (χ3v) is 4.69. The zero-order valence-electron chi connectivity index (χ0n) is 17.6. The number of rotatable bonds is 10. The number of hydrogen-bond donors (Lipinski definition) is 2. The number of alkyl halides is 3. The van der Waals surface area contributed by atoms with Gasteiger partial charge in [0.15, 0.2) is 0 Å². The average Bonchev–Trinajstić information content (AvgIpc) is 2.71. The Morgan fingerprint density at radius 1 is 1.22 bits per heavy atom. The fraction of sp³-hybridized carbons (Fsp3) is 0.550. The van der Waals surface area contributed by atoms with Gasteiger partial charge in [0, 0.05) is 19.3 Å². The number of carbonyl (C=O) groups is 3. The third-order valence-electron chi connectivity index (χ3n) is 4.69. The molecule has 12 heteroatoms. The van der Waals surface area contributed by atoms with Gasteiger partial charge in [-0.3, -0.25) is 9.59 Å². The Balaban J connectivity index is 1.92. The molecule has 0 radical (unpaired) electrons. The first-order valence-corrected chi connectivity index (χ1v) is 10.3. The first-order chi connectivity index (χ1) is 15.1. The molecule has 0 saturated carbocycles. The predicted molar refractivity (Wildman–Crippen MR) is 106 cm³/mol. The SMILES string of the molecule is CCCCC(=O)OCOC(=O)c1cccc2c1OB(O)[C@@H](NC(=O)CCCC(F)(F)F)C2. The molecular formula is C20H25BF3NO7. The van der Waals surface area contributed by atoms with Crippen molar-refractivity contribution in [2.24, 2.45) is 0 Å². The van der Waals surface area contributed by atoms with Gasteiger partial charge in [0.05, 0.1) is 5.94 Å². The molecule has 1 aromatic rings. The first-order valence-electron chi connectivity index (χ1n) is 10.3. The van der Waals surface area contributed by atoms with Crippen LogP contribution in [0.15, 0.2) is 18.2 Å². The summed E-state index contributed by atoms with van der Waals surface area (Å²) in [5.74, 6) is -2.80. The Kier molecular flexibility index (Phi) is 9.36. The summed E-state index contributed by atoms with van der Waals surface area (Å²) in [5, 5.41) is 12.7. The monoisotopic (exact) mass is 459 g/mol.